The van der Waals surface area contributed by atoms with Gasteiger partial charge in [0.25, 0.3) is 11.1 Å². The summed E-state index contributed by atoms with van der Waals surface area (Å²) in [6.45, 7) is 2.22. The maximum atomic E-state index is 13.2. The summed E-state index contributed by atoms with van der Waals surface area (Å²) in [6, 6.07) is 5.65. The third kappa shape index (κ3) is 2.60. The number of rotatable bonds is 2. The molecule has 0 radical (unpaired) electrons. The summed E-state index contributed by atoms with van der Waals surface area (Å²) in [6.07, 6.45) is 8.14. The van der Waals surface area contributed by atoms with Gasteiger partial charge in [0.15, 0.2) is 0 Å². The van der Waals surface area contributed by atoms with E-state index in [4.69, 9.17) is 0 Å². The summed E-state index contributed by atoms with van der Waals surface area (Å²) in [7, 11) is 3.61. The molecule has 26 heavy (non-hydrogen) atoms. The molecule has 0 bridgehead atoms. The van der Waals surface area contributed by atoms with E-state index in [1.54, 1.807) is 31.4 Å². The molecule has 3 heterocycles. The van der Waals surface area contributed by atoms with E-state index < -0.39 is 0 Å². The van der Waals surface area contributed by atoms with E-state index in [9.17, 15) is 9.59 Å². The molecule has 0 amide bonds. The van der Waals surface area contributed by atoms with Gasteiger partial charge >= 0.3 is 0 Å². The SMILES string of the molecule is C[C@H]1CCCC[C@@H]1n1ccc2nc3ccn(N(C)C)c(=O)c3cc2c1=O. The lowest BCUT2D eigenvalue weighted by Gasteiger charge is -2.30. The molecule has 1 aliphatic rings. The zero-order chi connectivity index (χ0) is 18.4. The Hall–Kier alpha value is -2.63. The van der Waals surface area contributed by atoms with Crippen LogP contribution in [0, 0.1) is 5.92 Å². The van der Waals surface area contributed by atoms with Gasteiger partial charge in [0.1, 0.15) is 0 Å². The molecule has 0 N–H and O–H groups in total. The van der Waals surface area contributed by atoms with Gasteiger partial charge in [-0.1, -0.05) is 19.8 Å². The van der Waals surface area contributed by atoms with Gasteiger partial charge in [0.05, 0.1) is 21.8 Å². The fourth-order valence-electron chi connectivity index (χ4n) is 4.12. The first-order valence-electron chi connectivity index (χ1n) is 9.22. The summed E-state index contributed by atoms with van der Waals surface area (Å²) in [5.74, 6) is 0.485. The van der Waals surface area contributed by atoms with E-state index in [0.29, 0.717) is 27.7 Å². The van der Waals surface area contributed by atoms with Crippen LogP contribution >= 0.6 is 0 Å². The van der Waals surface area contributed by atoms with Crippen molar-refractivity contribution in [1.82, 2.24) is 14.2 Å². The lowest BCUT2D eigenvalue weighted by Crippen LogP contribution is -2.35. The molecule has 136 valence electrons. The summed E-state index contributed by atoms with van der Waals surface area (Å²) >= 11 is 0. The van der Waals surface area contributed by atoms with Crippen molar-refractivity contribution in [1.29, 1.82) is 0 Å². The Morgan fingerprint density at radius 1 is 1.00 bits per heavy atom. The van der Waals surface area contributed by atoms with Crippen LogP contribution in [0.25, 0.3) is 21.8 Å². The van der Waals surface area contributed by atoms with Crippen molar-refractivity contribution < 1.29 is 0 Å². The monoisotopic (exact) mass is 352 g/mol. The largest absolute Gasteiger partial charge is 0.316 e. The van der Waals surface area contributed by atoms with Crippen LogP contribution in [0.1, 0.15) is 38.6 Å². The van der Waals surface area contributed by atoms with Crippen LogP contribution < -0.4 is 16.1 Å². The Bertz CT molecular complexity index is 1100. The molecule has 1 aliphatic carbocycles. The molecule has 0 aliphatic heterocycles. The third-order valence-corrected chi connectivity index (χ3v) is 5.61. The van der Waals surface area contributed by atoms with Gasteiger partial charge in [0, 0.05) is 32.5 Å². The summed E-state index contributed by atoms with van der Waals surface area (Å²) < 4.78 is 3.37. The predicted octanol–water partition coefficient (Wildman–Crippen LogP) is 2.66. The van der Waals surface area contributed by atoms with Gasteiger partial charge in [0.2, 0.25) is 0 Å². The number of fused-ring (bicyclic) bond motifs is 2. The molecular weight excluding hydrogens is 328 g/mol. The van der Waals surface area contributed by atoms with Crippen molar-refractivity contribution >= 4 is 21.8 Å². The number of nitrogens with zero attached hydrogens (tertiary/aromatic N) is 4. The fraction of sp³-hybridized carbons (Fsp3) is 0.450. The second-order valence-corrected chi connectivity index (χ2v) is 7.52. The van der Waals surface area contributed by atoms with E-state index in [2.05, 4.69) is 11.9 Å². The van der Waals surface area contributed by atoms with Crippen LogP contribution in [0.4, 0.5) is 0 Å². The molecule has 3 aromatic rings. The van der Waals surface area contributed by atoms with E-state index in [1.165, 1.54) is 11.1 Å². The van der Waals surface area contributed by atoms with Gasteiger partial charge in [-0.05, 0) is 37.0 Å². The molecule has 0 saturated heterocycles. The smallest absolute Gasteiger partial charge is 0.278 e. The van der Waals surface area contributed by atoms with Crippen molar-refractivity contribution in [2.24, 2.45) is 5.92 Å². The van der Waals surface area contributed by atoms with Crippen molar-refractivity contribution in [2.45, 2.75) is 38.6 Å². The maximum Gasteiger partial charge on any atom is 0.278 e. The highest BCUT2D eigenvalue weighted by molar-refractivity contribution is 5.91. The number of aromatic nitrogens is 3. The van der Waals surface area contributed by atoms with E-state index >= 15 is 0 Å². The fourth-order valence-corrected chi connectivity index (χ4v) is 4.12. The minimum absolute atomic E-state index is 0.0460. The van der Waals surface area contributed by atoms with Crippen molar-refractivity contribution in [3.8, 4) is 0 Å². The average molecular weight is 352 g/mol. The number of pyridine rings is 3. The van der Waals surface area contributed by atoms with Gasteiger partial charge in [-0.3, -0.25) is 9.59 Å². The first-order valence-corrected chi connectivity index (χ1v) is 9.22. The number of hydrogen-bond acceptors (Lipinski definition) is 4. The Labute approximate surface area is 151 Å². The zero-order valence-electron chi connectivity index (χ0n) is 15.5. The van der Waals surface area contributed by atoms with E-state index in [0.717, 1.165) is 19.3 Å². The van der Waals surface area contributed by atoms with Crippen molar-refractivity contribution in [3.05, 3.63) is 51.3 Å². The van der Waals surface area contributed by atoms with Crippen LogP contribution in [0.2, 0.25) is 0 Å². The molecule has 0 spiro atoms. The Kier molecular flexibility index (Phi) is 4.05. The standard InChI is InChI=1S/C20H24N4O2/c1-13-6-4-5-7-18(13)23-10-8-16-14(19(23)25)12-15-17(21-16)9-11-24(20(15)26)22(2)3/h8-13,18H,4-7H2,1-3H3/t13-,18-/m0/s1. The first kappa shape index (κ1) is 16.8. The van der Waals surface area contributed by atoms with Crippen molar-refractivity contribution in [2.75, 3.05) is 19.1 Å². The third-order valence-electron chi connectivity index (χ3n) is 5.61. The average Bonchev–Trinajstić information content (AvgIpc) is 2.62. The Morgan fingerprint density at radius 3 is 2.35 bits per heavy atom. The molecule has 1 fully saturated rings. The second kappa shape index (κ2) is 6.27. The molecule has 0 aromatic carbocycles. The Balaban J connectivity index is 1.95. The minimum atomic E-state index is -0.164. The van der Waals surface area contributed by atoms with Gasteiger partial charge in [-0.25, -0.2) is 9.66 Å². The molecule has 2 atom stereocenters. The highest BCUT2D eigenvalue weighted by atomic mass is 16.1. The van der Waals surface area contributed by atoms with Crippen LogP contribution in [-0.4, -0.2) is 28.3 Å². The summed E-state index contributed by atoms with van der Waals surface area (Å²) in [5.41, 5.74) is 1.05. The zero-order valence-corrected chi connectivity index (χ0v) is 15.5. The quantitative estimate of drug-likeness (QED) is 0.665. The minimum Gasteiger partial charge on any atom is -0.316 e. The molecule has 4 rings (SSSR count). The number of hydrogen-bond donors (Lipinski definition) is 0. The highest BCUT2D eigenvalue weighted by Crippen LogP contribution is 2.32. The first-order chi connectivity index (χ1) is 12.5. The van der Waals surface area contributed by atoms with E-state index in [1.807, 2.05) is 22.9 Å². The maximum absolute atomic E-state index is 13.2. The van der Waals surface area contributed by atoms with E-state index in [-0.39, 0.29) is 17.2 Å². The molecule has 6 heteroatoms. The lowest BCUT2D eigenvalue weighted by atomic mass is 9.85. The van der Waals surface area contributed by atoms with Crippen LogP contribution in [0.5, 0.6) is 0 Å². The Morgan fingerprint density at radius 2 is 1.65 bits per heavy atom. The highest BCUT2D eigenvalue weighted by Gasteiger charge is 2.24. The lowest BCUT2D eigenvalue weighted by molar-refractivity contribution is 0.253. The molecule has 1 saturated carbocycles. The predicted molar refractivity (Wildman–Crippen MR) is 105 cm³/mol. The molecule has 6 nitrogen and oxygen atoms in total. The van der Waals surface area contributed by atoms with Crippen LogP contribution in [0.15, 0.2) is 40.2 Å². The summed E-state index contributed by atoms with van der Waals surface area (Å²) in [5, 5.41) is 2.70. The topological polar surface area (TPSA) is 60.1 Å². The van der Waals surface area contributed by atoms with Crippen molar-refractivity contribution in [3.63, 3.8) is 0 Å². The van der Waals surface area contributed by atoms with Gasteiger partial charge in [-0.15, -0.1) is 0 Å². The van der Waals surface area contributed by atoms with Gasteiger partial charge < -0.3 is 9.58 Å². The van der Waals surface area contributed by atoms with Gasteiger partial charge in [-0.2, -0.15) is 0 Å². The molecule has 3 aromatic heterocycles. The van der Waals surface area contributed by atoms with Crippen LogP contribution in [0.3, 0.4) is 0 Å². The second-order valence-electron chi connectivity index (χ2n) is 7.52. The normalized spacial score (nSPS) is 20.6. The molecular formula is C20H24N4O2. The molecule has 0 unspecified atom stereocenters. The summed E-state index contributed by atoms with van der Waals surface area (Å²) in [4.78, 5) is 30.4. The van der Waals surface area contributed by atoms with Crippen LogP contribution in [-0.2, 0) is 0 Å².